The molecule has 0 aromatic heterocycles. The third-order valence-corrected chi connectivity index (χ3v) is 3.93. The van der Waals surface area contributed by atoms with Crippen LogP contribution in [0.25, 0.3) is 0 Å². The molecule has 2 aromatic carbocycles. The molecule has 0 radical (unpaired) electrons. The normalized spacial score (nSPS) is 17.4. The van der Waals surface area contributed by atoms with E-state index in [2.05, 4.69) is 17.4 Å². The predicted molar refractivity (Wildman–Crippen MR) is 76.9 cm³/mol. The quantitative estimate of drug-likeness (QED) is 0.878. The Morgan fingerprint density at radius 1 is 1.05 bits per heavy atom. The number of benzene rings is 2. The van der Waals surface area contributed by atoms with Gasteiger partial charge in [0.15, 0.2) is 11.6 Å². The van der Waals surface area contributed by atoms with Crippen molar-refractivity contribution in [2.75, 3.05) is 5.32 Å². The molecule has 0 bridgehead atoms. The molecule has 20 heavy (non-hydrogen) atoms. The Labute approximate surface area is 117 Å². The summed E-state index contributed by atoms with van der Waals surface area (Å²) in [5.74, 6) is -1.46. The summed E-state index contributed by atoms with van der Waals surface area (Å²) in [6.45, 7) is 0. The summed E-state index contributed by atoms with van der Waals surface area (Å²) in [7, 11) is 0. The molecule has 1 atom stereocenters. The highest BCUT2D eigenvalue weighted by Gasteiger charge is 2.17. The first kappa shape index (κ1) is 13.1. The van der Waals surface area contributed by atoms with Crippen LogP contribution in [0.1, 0.15) is 24.0 Å². The van der Waals surface area contributed by atoms with Crippen molar-refractivity contribution in [1.29, 1.82) is 0 Å². The topological polar surface area (TPSA) is 12.0 Å². The van der Waals surface area contributed by atoms with Gasteiger partial charge < -0.3 is 5.32 Å². The fraction of sp³-hybridized carbons (Fsp3) is 0.294. The lowest BCUT2D eigenvalue weighted by molar-refractivity contribution is 0.492. The van der Waals surface area contributed by atoms with Gasteiger partial charge in [0.2, 0.25) is 0 Å². The van der Waals surface area contributed by atoms with E-state index in [-0.39, 0.29) is 0 Å². The van der Waals surface area contributed by atoms with Crippen molar-refractivity contribution in [3.05, 3.63) is 65.2 Å². The Morgan fingerprint density at radius 2 is 1.90 bits per heavy atom. The van der Waals surface area contributed by atoms with Crippen LogP contribution >= 0.6 is 0 Å². The third-order valence-electron chi connectivity index (χ3n) is 3.93. The predicted octanol–water partition coefficient (Wildman–Crippen LogP) is 4.32. The van der Waals surface area contributed by atoms with Gasteiger partial charge >= 0.3 is 0 Å². The number of para-hydroxylation sites is 1. The summed E-state index contributed by atoms with van der Waals surface area (Å²) < 4.78 is 26.8. The number of rotatable bonds is 3. The van der Waals surface area contributed by atoms with Gasteiger partial charge in [0.05, 0.1) is 0 Å². The van der Waals surface area contributed by atoms with E-state index in [4.69, 9.17) is 0 Å². The van der Waals surface area contributed by atoms with Crippen LogP contribution in [0.4, 0.5) is 14.5 Å². The summed E-state index contributed by atoms with van der Waals surface area (Å²) in [5, 5.41) is 3.49. The molecule has 1 heterocycles. The zero-order valence-electron chi connectivity index (χ0n) is 11.2. The van der Waals surface area contributed by atoms with Crippen molar-refractivity contribution in [2.45, 2.75) is 31.7 Å². The highest BCUT2D eigenvalue weighted by Crippen LogP contribution is 2.26. The SMILES string of the molecule is Fc1cccc(CCC2CCc3ccccc3N2)c1F. The first-order valence-electron chi connectivity index (χ1n) is 7.01. The molecule has 0 fully saturated rings. The molecule has 1 aliphatic heterocycles. The van der Waals surface area contributed by atoms with Gasteiger partial charge in [-0.1, -0.05) is 30.3 Å². The molecular formula is C17H17F2N. The number of halogens is 2. The zero-order chi connectivity index (χ0) is 13.9. The minimum atomic E-state index is -0.760. The smallest absolute Gasteiger partial charge is 0.162 e. The number of aryl methyl sites for hydroxylation is 2. The largest absolute Gasteiger partial charge is 0.382 e. The minimum Gasteiger partial charge on any atom is -0.382 e. The fourth-order valence-electron chi connectivity index (χ4n) is 2.79. The lowest BCUT2D eigenvalue weighted by Crippen LogP contribution is -2.26. The molecule has 0 aliphatic carbocycles. The Kier molecular flexibility index (Phi) is 3.68. The Morgan fingerprint density at radius 3 is 2.80 bits per heavy atom. The van der Waals surface area contributed by atoms with E-state index in [0.717, 1.165) is 25.3 Å². The number of anilines is 1. The summed E-state index contributed by atoms with van der Waals surface area (Å²) in [6.07, 6.45) is 3.45. The molecule has 1 unspecified atom stereocenters. The van der Waals surface area contributed by atoms with E-state index in [1.165, 1.54) is 11.3 Å². The summed E-state index contributed by atoms with van der Waals surface area (Å²) >= 11 is 0. The molecule has 0 spiro atoms. The molecule has 3 rings (SSSR count). The van der Waals surface area contributed by atoms with Gasteiger partial charge in [-0.3, -0.25) is 0 Å². The highest BCUT2D eigenvalue weighted by atomic mass is 19.2. The highest BCUT2D eigenvalue weighted by molar-refractivity contribution is 5.53. The molecule has 0 amide bonds. The van der Waals surface area contributed by atoms with Crippen molar-refractivity contribution in [3.8, 4) is 0 Å². The van der Waals surface area contributed by atoms with E-state index >= 15 is 0 Å². The third kappa shape index (κ3) is 2.67. The molecule has 1 nitrogen and oxygen atoms in total. The molecule has 104 valence electrons. The van der Waals surface area contributed by atoms with Crippen LogP contribution in [-0.2, 0) is 12.8 Å². The van der Waals surface area contributed by atoms with Gasteiger partial charge in [-0.2, -0.15) is 0 Å². The van der Waals surface area contributed by atoms with E-state index < -0.39 is 11.6 Å². The maximum absolute atomic E-state index is 13.6. The lowest BCUT2D eigenvalue weighted by Gasteiger charge is -2.27. The van der Waals surface area contributed by atoms with Gasteiger partial charge in [-0.25, -0.2) is 8.78 Å². The Bertz CT molecular complexity index is 610. The maximum atomic E-state index is 13.6. The van der Waals surface area contributed by atoms with Crippen molar-refractivity contribution in [1.82, 2.24) is 0 Å². The standard InChI is InChI=1S/C17H17F2N/c18-15-6-3-5-13(17(15)19)9-11-14-10-8-12-4-1-2-7-16(12)20-14/h1-7,14,20H,8-11H2. The van der Waals surface area contributed by atoms with E-state index in [1.807, 2.05) is 12.1 Å². The van der Waals surface area contributed by atoms with Gasteiger partial charge in [-0.05, 0) is 48.9 Å². The van der Waals surface area contributed by atoms with Crippen molar-refractivity contribution in [3.63, 3.8) is 0 Å². The van der Waals surface area contributed by atoms with Crippen LogP contribution in [0, 0.1) is 11.6 Å². The van der Waals surface area contributed by atoms with E-state index in [0.29, 0.717) is 18.0 Å². The van der Waals surface area contributed by atoms with Crippen molar-refractivity contribution >= 4 is 5.69 Å². The van der Waals surface area contributed by atoms with Crippen LogP contribution in [0.2, 0.25) is 0 Å². The lowest BCUT2D eigenvalue weighted by atomic mass is 9.94. The van der Waals surface area contributed by atoms with Crippen LogP contribution in [0.3, 0.4) is 0 Å². The molecule has 1 aliphatic rings. The number of hydrogen-bond acceptors (Lipinski definition) is 1. The fourth-order valence-corrected chi connectivity index (χ4v) is 2.79. The molecule has 0 saturated carbocycles. The van der Waals surface area contributed by atoms with Gasteiger partial charge in [0, 0.05) is 11.7 Å². The average molecular weight is 273 g/mol. The first-order chi connectivity index (χ1) is 9.74. The maximum Gasteiger partial charge on any atom is 0.162 e. The molecular weight excluding hydrogens is 256 g/mol. The molecule has 2 aromatic rings. The second-order valence-corrected chi connectivity index (χ2v) is 5.29. The second kappa shape index (κ2) is 5.61. The summed E-state index contributed by atoms with van der Waals surface area (Å²) in [5.41, 5.74) is 2.97. The summed E-state index contributed by atoms with van der Waals surface area (Å²) in [6, 6.07) is 13.0. The second-order valence-electron chi connectivity index (χ2n) is 5.29. The Balaban J connectivity index is 1.64. The monoisotopic (exact) mass is 273 g/mol. The van der Waals surface area contributed by atoms with Crippen LogP contribution < -0.4 is 5.32 Å². The van der Waals surface area contributed by atoms with Crippen molar-refractivity contribution in [2.24, 2.45) is 0 Å². The molecule has 0 saturated heterocycles. The van der Waals surface area contributed by atoms with E-state index in [1.54, 1.807) is 12.1 Å². The zero-order valence-corrected chi connectivity index (χ0v) is 11.2. The number of hydrogen-bond donors (Lipinski definition) is 1. The van der Waals surface area contributed by atoms with Crippen LogP contribution in [0.15, 0.2) is 42.5 Å². The van der Waals surface area contributed by atoms with E-state index in [9.17, 15) is 8.78 Å². The number of fused-ring (bicyclic) bond motifs is 1. The van der Waals surface area contributed by atoms with Crippen molar-refractivity contribution < 1.29 is 8.78 Å². The van der Waals surface area contributed by atoms with Gasteiger partial charge in [0.1, 0.15) is 0 Å². The minimum absolute atomic E-state index is 0.326. The molecule has 1 N–H and O–H groups in total. The molecule has 3 heteroatoms. The average Bonchev–Trinajstić information content (AvgIpc) is 2.48. The van der Waals surface area contributed by atoms with Gasteiger partial charge in [0.25, 0.3) is 0 Å². The van der Waals surface area contributed by atoms with Crippen LogP contribution in [-0.4, -0.2) is 6.04 Å². The number of nitrogens with one attached hydrogen (secondary N) is 1. The van der Waals surface area contributed by atoms with Gasteiger partial charge in [-0.15, -0.1) is 0 Å². The van der Waals surface area contributed by atoms with Crippen LogP contribution in [0.5, 0.6) is 0 Å². The summed E-state index contributed by atoms with van der Waals surface area (Å²) in [4.78, 5) is 0. The first-order valence-corrected chi connectivity index (χ1v) is 7.01. The Hall–Kier alpha value is -1.90.